The summed E-state index contributed by atoms with van der Waals surface area (Å²) in [5, 5.41) is 9.67. The first-order valence-electron chi connectivity index (χ1n) is 11.0. The van der Waals surface area contributed by atoms with Gasteiger partial charge in [-0.25, -0.2) is 0 Å². The number of rotatable bonds is 7. The fourth-order valence-corrected chi connectivity index (χ4v) is 4.30. The van der Waals surface area contributed by atoms with E-state index in [1.54, 1.807) is 25.3 Å². The lowest BCUT2D eigenvalue weighted by Gasteiger charge is -2.19. The van der Waals surface area contributed by atoms with Crippen molar-refractivity contribution in [3.8, 4) is 17.6 Å². The molecule has 1 aliphatic heterocycles. The van der Waals surface area contributed by atoms with Crippen LogP contribution in [0.5, 0.6) is 11.5 Å². The molecule has 34 heavy (non-hydrogen) atoms. The number of nitriles is 1. The van der Waals surface area contributed by atoms with Crippen LogP contribution in [0.4, 0.5) is 5.69 Å². The smallest absolute Gasteiger partial charge is 0.259 e. The van der Waals surface area contributed by atoms with Crippen LogP contribution >= 0.6 is 11.6 Å². The summed E-state index contributed by atoms with van der Waals surface area (Å²) in [5.74, 6) is 1.15. The largest absolute Gasteiger partial charge is 0.493 e. The molecule has 0 fully saturated rings. The first-order chi connectivity index (χ1) is 16.4. The zero-order chi connectivity index (χ0) is 24.2. The fourth-order valence-electron chi connectivity index (χ4n) is 4.03. The normalized spacial score (nSPS) is 13.8. The summed E-state index contributed by atoms with van der Waals surface area (Å²) in [6.45, 7) is 5.01. The van der Waals surface area contributed by atoms with Gasteiger partial charge in [-0.2, -0.15) is 5.26 Å². The monoisotopic (exact) mass is 472 g/mol. The molecule has 0 unspecified atom stereocenters. The van der Waals surface area contributed by atoms with Crippen molar-refractivity contribution in [2.75, 3.05) is 18.6 Å². The molecule has 4 rings (SSSR count). The average molecular weight is 473 g/mol. The second-order valence-corrected chi connectivity index (χ2v) is 8.88. The lowest BCUT2D eigenvalue weighted by Crippen LogP contribution is -2.30. The van der Waals surface area contributed by atoms with E-state index < -0.39 is 0 Å². The van der Waals surface area contributed by atoms with Crippen molar-refractivity contribution in [1.82, 2.24) is 0 Å². The summed E-state index contributed by atoms with van der Waals surface area (Å²) in [6.07, 6.45) is 1.84. The van der Waals surface area contributed by atoms with Gasteiger partial charge in [0, 0.05) is 23.2 Å². The van der Waals surface area contributed by atoms with Gasteiger partial charge >= 0.3 is 0 Å². The predicted molar refractivity (Wildman–Crippen MR) is 135 cm³/mol. The molecule has 1 amide bonds. The molecule has 0 aromatic heterocycles. The first-order valence-corrected chi connectivity index (χ1v) is 11.4. The molecule has 3 aromatic carbocycles. The van der Waals surface area contributed by atoms with Crippen LogP contribution in [0.25, 0.3) is 11.6 Å². The van der Waals surface area contributed by atoms with Gasteiger partial charge in [0.25, 0.3) is 5.91 Å². The summed E-state index contributed by atoms with van der Waals surface area (Å²) in [4.78, 5) is 15.1. The average Bonchev–Trinajstić information content (AvgIpc) is 3.08. The highest BCUT2D eigenvalue weighted by Crippen LogP contribution is 2.41. The maximum atomic E-state index is 13.3. The Balaban J connectivity index is 1.67. The van der Waals surface area contributed by atoms with Crippen molar-refractivity contribution in [2.45, 2.75) is 20.5 Å². The highest BCUT2D eigenvalue weighted by Gasteiger charge is 2.32. The number of anilines is 1. The third-order valence-corrected chi connectivity index (χ3v) is 5.86. The number of hydrogen-bond donors (Lipinski definition) is 0. The van der Waals surface area contributed by atoms with Gasteiger partial charge in [-0.1, -0.05) is 61.8 Å². The number of amides is 1. The van der Waals surface area contributed by atoms with Crippen LogP contribution in [0.2, 0.25) is 5.02 Å². The number of methoxy groups -OCH3 is 1. The molecule has 0 radical (unpaired) electrons. The maximum Gasteiger partial charge on any atom is 0.259 e. The van der Waals surface area contributed by atoms with Crippen LogP contribution < -0.4 is 14.4 Å². The molecule has 0 atom stereocenters. The Hall–Kier alpha value is -3.75. The Labute approximate surface area is 204 Å². The fraction of sp³-hybridized carbons (Fsp3) is 0.214. The van der Waals surface area contributed by atoms with E-state index in [1.807, 2.05) is 53.4 Å². The molecule has 0 N–H and O–H groups in total. The van der Waals surface area contributed by atoms with E-state index in [-0.39, 0.29) is 12.5 Å². The topological polar surface area (TPSA) is 62.6 Å². The lowest BCUT2D eigenvalue weighted by molar-refractivity contribution is -0.113. The molecule has 3 aromatic rings. The van der Waals surface area contributed by atoms with Crippen molar-refractivity contribution in [3.63, 3.8) is 0 Å². The van der Waals surface area contributed by atoms with E-state index in [2.05, 4.69) is 19.9 Å². The number of carbonyl (C=O) groups excluding carboxylic acids is 1. The van der Waals surface area contributed by atoms with Crippen LogP contribution in [0.15, 0.2) is 60.7 Å². The van der Waals surface area contributed by atoms with Gasteiger partial charge < -0.3 is 14.4 Å². The van der Waals surface area contributed by atoms with Crippen LogP contribution in [0, 0.1) is 17.2 Å². The summed E-state index contributed by atoms with van der Waals surface area (Å²) in [5.41, 5.74) is 4.47. The number of nitrogens with zero attached hydrogens (tertiary/aromatic N) is 2. The Bertz CT molecular complexity index is 1310. The van der Waals surface area contributed by atoms with Crippen molar-refractivity contribution < 1.29 is 14.3 Å². The van der Waals surface area contributed by atoms with Gasteiger partial charge in [-0.05, 0) is 41.8 Å². The number of fused-ring (bicyclic) bond motifs is 1. The highest BCUT2D eigenvalue weighted by molar-refractivity contribution is 6.36. The van der Waals surface area contributed by atoms with Gasteiger partial charge in [0.15, 0.2) is 11.5 Å². The minimum atomic E-state index is -0.0292. The Morgan fingerprint density at radius 3 is 2.59 bits per heavy atom. The molecule has 0 saturated heterocycles. The molecule has 1 aliphatic rings. The van der Waals surface area contributed by atoms with E-state index >= 15 is 0 Å². The standard InChI is InChI=1S/C28H25ClN2O3/c1-18(2)16-31-25-11-7-6-10-22(25)23(28(31)32)12-19-13-24(29)27(26(14-19)33-3)34-17-21-9-5-4-8-20(21)15-30/h4-14,18H,16-17H2,1-3H3/b23-12-. The van der Waals surface area contributed by atoms with Crippen molar-refractivity contribution in [1.29, 1.82) is 5.26 Å². The second-order valence-electron chi connectivity index (χ2n) is 8.48. The molecule has 0 bridgehead atoms. The Morgan fingerprint density at radius 1 is 1.12 bits per heavy atom. The van der Waals surface area contributed by atoms with Crippen molar-refractivity contribution >= 4 is 34.8 Å². The van der Waals surface area contributed by atoms with Crippen molar-refractivity contribution in [2.24, 2.45) is 5.92 Å². The molecule has 0 saturated carbocycles. The van der Waals surface area contributed by atoms with Crippen LogP contribution in [0.1, 0.15) is 36.1 Å². The zero-order valence-corrected chi connectivity index (χ0v) is 20.1. The minimum absolute atomic E-state index is 0.0292. The van der Waals surface area contributed by atoms with Gasteiger partial charge in [-0.15, -0.1) is 0 Å². The van der Waals surface area contributed by atoms with Crippen LogP contribution in [-0.2, 0) is 11.4 Å². The zero-order valence-electron chi connectivity index (χ0n) is 19.3. The van der Waals surface area contributed by atoms with Crippen LogP contribution in [0.3, 0.4) is 0 Å². The summed E-state index contributed by atoms with van der Waals surface area (Å²) in [7, 11) is 1.54. The van der Waals surface area contributed by atoms with Crippen molar-refractivity contribution in [3.05, 3.63) is 87.9 Å². The van der Waals surface area contributed by atoms with Gasteiger partial charge in [0.1, 0.15) is 6.61 Å². The SMILES string of the molecule is COc1cc(/C=C2\C(=O)N(CC(C)C)c3ccccc32)cc(Cl)c1OCc1ccccc1C#N. The first kappa shape index (κ1) is 23.4. The number of para-hydroxylation sites is 1. The van der Waals surface area contributed by atoms with Gasteiger partial charge in [0.05, 0.1) is 29.5 Å². The summed E-state index contributed by atoms with van der Waals surface area (Å²) < 4.78 is 11.5. The lowest BCUT2D eigenvalue weighted by atomic mass is 10.0. The molecule has 5 nitrogen and oxygen atoms in total. The van der Waals surface area contributed by atoms with E-state index in [0.717, 1.165) is 22.4 Å². The molecule has 6 heteroatoms. The van der Waals surface area contributed by atoms with E-state index in [1.165, 1.54) is 0 Å². The van der Waals surface area contributed by atoms with Gasteiger partial charge in [-0.3, -0.25) is 4.79 Å². The Morgan fingerprint density at radius 2 is 1.85 bits per heavy atom. The molecule has 1 heterocycles. The number of hydrogen-bond acceptors (Lipinski definition) is 4. The molecular weight excluding hydrogens is 448 g/mol. The molecule has 0 aliphatic carbocycles. The van der Waals surface area contributed by atoms with Gasteiger partial charge in [0.2, 0.25) is 0 Å². The van der Waals surface area contributed by atoms with Crippen LogP contribution in [-0.4, -0.2) is 19.6 Å². The quantitative estimate of drug-likeness (QED) is 0.376. The highest BCUT2D eigenvalue weighted by atomic mass is 35.5. The van der Waals surface area contributed by atoms with E-state index in [9.17, 15) is 10.1 Å². The second kappa shape index (κ2) is 10.0. The number of ether oxygens (including phenoxy) is 2. The summed E-state index contributed by atoms with van der Waals surface area (Å²) >= 11 is 6.58. The third kappa shape index (κ3) is 4.64. The number of carbonyl (C=O) groups is 1. The predicted octanol–water partition coefficient (Wildman–Crippen LogP) is 6.34. The molecule has 172 valence electrons. The number of benzene rings is 3. The minimum Gasteiger partial charge on any atom is -0.493 e. The number of halogens is 1. The maximum absolute atomic E-state index is 13.3. The molecular formula is C28H25ClN2O3. The molecule has 0 spiro atoms. The van der Waals surface area contributed by atoms with E-state index in [0.29, 0.717) is 40.1 Å². The summed E-state index contributed by atoms with van der Waals surface area (Å²) in [6, 6.07) is 20.8. The Kier molecular flexibility index (Phi) is 6.90. The van der Waals surface area contributed by atoms with E-state index in [4.69, 9.17) is 21.1 Å². The third-order valence-electron chi connectivity index (χ3n) is 5.58.